The Morgan fingerprint density at radius 2 is 1.93 bits per heavy atom. The zero-order valence-corrected chi connectivity index (χ0v) is 16.2. The van der Waals surface area contributed by atoms with E-state index in [4.69, 9.17) is 4.74 Å². The minimum atomic E-state index is -0.954. The largest absolute Gasteiger partial charge is 0.451 e. The Hall–Kier alpha value is -2.97. The number of amides is 2. The molecule has 1 saturated heterocycles. The number of non-ortho nitro benzene ring substituents is 1. The smallest absolute Gasteiger partial charge is 0.326 e. The second kappa shape index (κ2) is 9.29. The predicted molar refractivity (Wildman–Crippen MR) is 101 cm³/mol. The molecule has 1 aromatic carbocycles. The maximum Gasteiger partial charge on any atom is 0.326 e. The van der Waals surface area contributed by atoms with Crippen LogP contribution in [0.3, 0.4) is 0 Å². The van der Waals surface area contributed by atoms with E-state index in [2.05, 4.69) is 5.32 Å². The summed E-state index contributed by atoms with van der Waals surface area (Å²) in [7, 11) is 0. The average Bonchev–Trinajstić information content (AvgIpc) is 2.65. The van der Waals surface area contributed by atoms with Crippen LogP contribution in [0.1, 0.15) is 50.4 Å². The number of ether oxygens (including phenoxy) is 1. The van der Waals surface area contributed by atoms with E-state index in [-0.39, 0.29) is 29.2 Å². The molecule has 1 fully saturated rings. The minimum Gasteiger partial charge on any atom is -0.451 e. The lowest BCUT2D eigenvalue weighted by molar-refractivity contribution is -0.384. The molecule has 0 aliphatic carbocycles. The van der Waals surface area contributed by atoms with Crippen molar-refractivity contribution in [2.24, 2.45) is 0 Å². The first kappa shape index (κ1) is 21.3. The van der Waals surface area contributed by atoms with Crippen molar-refractivity contribution in [1.29, 1.82) is 0 Å². The average molecular weight is 391 g/mol. The highest BCUT2D eigenvalue weighted by atomic mass is 16.6. The Labute approximate surface area is 163 Å². The number of piperidine rings is 1. The molecule has 0 spiro atoms. The van der Waals surface area contributed by atoms with Gasteiger partial charge >= 0.3 is 5.97 Å². The van der Waals surface area contributed by atoms with Crippen LogP contribution in [0, 0.1) is 10.1 Å². The molecule has 0 unspecified atom stereocenters. The van der Waals surface area contributed by atoms with E-state index in [1.807, 2.05) is 13.8 Å². The monoisotopic (exact) mass is 391 g/mol. The summed E-state index contributed by atoms with van der Waals surface area (Å²) in [5.74, 6) is -1.65. The molecule has 0 radical (unpaired) electrons. The molecule has 152 valence electrons. The van der Waals surface area contributed by atoms with Crippen molar-refractivity contribution in [3.05, 3.63) is 39.9 Å². The van der Waals surface area contributed by atoms with Crippen molar-refractivity contribution in [3.8, 4) is 0 Å². The fourth-order valence-corrected chi connectivity index (χ4v) is 3.37. The van der Waals surface area contributed by atoms with E-state index >= 15 is 0 Å². The zero-order valence-electron chi connectivity index (χ0n) is 16.2. The van der Waals surface area contributed by atoms with Gasteiger partial charge in [0.15, 0.2) is 6.10 Å². The number of rotatable bonds is 6. The molecule has 0 bridgehead atoms. The number of nitro groups is 1. The number of nitrogens with one attached hydrogen (secondary N) is 1. The van der Waals surface area contributed by atoms with Gasteiger partial charge < -0.3 is 15.0 Å². The second-order valence-electron chi connectivity index (χ2n) is 7.00. The fourth-order valence-electron chi connectivity index (χ4n) is 3.37. The SMILES string of the molecule is C[C@@H](OC(=O)CNC(=O)c1cccc([N+](=O)[O-])c1)C(=O)N1[C@@H](C)CCC[C@@H]1C. The molecule has 0 saturated carbocycles. The van der Waals surface area contributed by atoms with Crippen molar-refractivity contribution < 1.29 is 24.0 Å². The first-order valence-electron chi connectivity index (χ1n) is 9.25. The lowest BCUT2D eigenvalue weighted by atomic mass is 9.97. The first-order chi connectivity index (χ1) is 13.2. The number of benzene rings is 1. The van der Waals surface area contributed by atoms with Gasteiger partial charge in [0.25, 0.3) is 17.5 Å². The Morgan fingerprint density at radius 3 is 2.54 bits per heavy atom. The summed E-state index contributed by atoms with van der Waals surface area (Å²) in [6.45, 7) is 5.02. The molecule has 9 nitrogen and oxygen atoms in total. The first-order valence-corrected chi connectivity index (χ1v) is 9.25. The van der Waals surface area contributed by atoms with Crippen molar-refractivity contribution in [1.82, 2.24) is 10.2 Å². The molecular formula is C19H25N3O6. The summed E-state index contributed by atoms with van der Waals surface area (Å²) in [5, 5.41) is 13.1. The van der Waals surface area contributed by atoms with Crippen LogP contribution < -0.4 is 5.32 Å². The van der Waals surface area contributed by atoms with E-state index in [0.717, 1.165) is 25.3 Å². The van der Waals surface area contributed by atoms with Crippen LogP contribution in [-0.2, 0) is 14.3 Å². The van der Waals surface area contributed by atoms with Crippen LogP contribution >= 0.6 is 0 Å². The number of likely N-dealkylation sites (tertiary alicyclic amines) is 1. The number of hydrogen-bond acceptors (Lipinski definition) is 6. The molecule has 1 aromatic rings. The van der Waals surface area contributed by atoms with Crippen LogP contribution in [0.2, 0.25) is 0 Å². The topological polar surface area (TPSA) is 119 Å². The van der Waals surface area contributed by atoms with Crippen molar-refractivity contribution in [2.45, 2.75) is 58.2 Å². The van der Waals surface area contributed by atoms with Gasteiger partial charge in [-0.25, -0.2) is 0 Å². The predicted octanol–water partition coefficient (Wildman–Crippen LogP) is 2.05. The Bertz CT molecular complexity index is 756. The van der Waals surface area contributed by atoms with E-state index in [0.29, 0.717) is 0 Å². The van der Waals surface area contributed by atoms with E-state index in [9.17, 15) is 24.5 Å². The molecule has 9 heteroatoms. The molecule has 1 N–H and O–H groups in total. The van der Waals surface area contributed by atoms with Gasteiger partial charge in [-0.1, -0.05) is 6.07 Å². The number of carbonyl (C=O) groups excluding carboxylic acids is 3. The Balaban J connectivity index is 1.87. The third-order valence-electron chi connectivity index (χ3n) is 4.82. The van der Waals surface area contributed by atoms with Crippen LogP contribution in [0.25, 0.3) is 0 Å². The Kier molecular flexibility index (Phi) is 7.08. The fraction of sp³-hybridized carbons (Fsp3) is 0.526. The second-order valence-corrected chi connectivity index (χ2v) is 7.00. The van der Waals surface area contributed by atoms with Gasteiger partial charge in [0.05, 0.1) is 4.92 Å². The highest BCUT2D eigenvalue weighted by Crippen LogP contribution is 2.23. The van der Waals surface area contributed by atoms with Gasteiger partial charge in [0.1, 0.15) is 6.54 Å². The van der Waals surface area contributed by atoms with E-state index < -0.39 is 29.4 Å². The number of nitro benzene ring substituents is 1. The molecule has 2 rings (SSSR count). The third-order valence-corrected chi connectivity index (χ3v) is 4.82. The van der Waals surface area contributed by atoms with Crippen LogP contribution in [0.4, 0.5) is 5.69 Å². The molecule has 3 atom stereocenters. The molecule has 0 aromatic heterocycles. The van der Waals surface area contributed by atoms with Gasteiger partial charge in [0, 0.05) is 29.8 Å². The summed E-state index contributed by atoms with van der Waals surface area (Å²) in [4.78, 5) is 48.6. The molecule has 28 heavy (non-hydrogen) atoms. The van der Waals surface area contributed by atoms with Crippen LogP contribution in [0.15, 0.2) is 24.3 Å². The summed E-state index contributed by atoms with van der Waals surface area (Å²) in [5.41, 5.74) is -0.165. The normalized spacial score (nSPS) is 20.2. The highest BCUT2D eigenvalue weighted by Gasteiger charge is 2.33. The summed E-state index contributed by atoms with van der Waals surface area (Å²) < 4.78 is 5.16. The molecule has 1 aliphatic heterocycles. The van der Waals surface area contributed by atoms with Crippen molar-refractivity contribution >= 4 is 23.5 Å². The third kappa shape index (κ3) is 5.28. The Morgan fingerprint density at radius 1 is 1.29 bits per heavy atom. The van der Waals surface area contributed by atoms with Gasteiger partial charge in [-0.2, -0.15) is 0 Å². The number of hydrogen-bond donors (Lipinski definition) is 1. The minimum absolute atomic E-state index is 0.0575. The molecular weight excluding hydrogens is 366 g/mol. The van der Waals surface area contributed by atoms with Gasteiger partial charge in [-0.15, -0.1) is 0 Å². The molecule has 1 aliphatic rings. The van der Waals surface area contributed by atoms with Gasteiger partial charge in [-0.05, 0) is 46.1 Å². The highest BCUT2D eigenvalue weighted by molar-refractivity contribution is 5.96. The van der Waals surface area contributed by atoms with E-state index in [1.54, 1.807) is 4.90 Å². The number of carbonyl (C=O) groups is 3. The van der Waals surface area contributed by atoms with Crippen LogP contribution in [-0.4, -0.2) is 52.3 Å². The maximum atomic E-state index is 12.6. The maximum absolute atomic E-state index is 12.6. The van der Waals surface area contributed by atoms with Crippen molar-refractivity contribution in [2.75, 3.05) is 6.54 Å². The summed E-state index contributed by atoms with van der Waals surface area (Å²) in [6, 6.07) is 5.34. The van der Waals surface area contributed by atoms with Gasteiger partial charge in [-0.3, -0.25) is 24.5 Å². The number of esters is 1. The zero-order chi connectivity index (χ0) is 20.8. The quantitative estimate of drug-likeness (QED) is 0.450. The molecule has 2 amide bonds. The number of nitrogens with zero attached hydrogens (tertiary/aromatic N) is 2. The standard InChI is InChI=1S/C19H25N3O6/c1-12-6-4-7-13(2)21(12)19(25)14(3)28-17(23)11-20-18(24)15-8-5-9-16(10-15)22(26)27/h5,8-10,12-14H,4,6-7,11H2,1-3H3,(H,20,24)/t12-,13-,14+/m0/s1. The van der Waals surface area contributed by atoms with E-state index in [1.165, 1.54) is 25.1 Å². The summed E-state index contributed by atoms with van der Waals surface area (Å²) in [6.07, 6.45) is 1.93. The van der Waals surface area contributed by atoms with Crippen LogP contribution in [0.5, 0.6) is 0 Å². The lowest BCUT2D eigenvalue weighted by Crippen LogP contribution is -2.51. The molecule has 1 heterocycles. The lowest BCUT2D eigenvalue weighted by Gasteiger charge is -2.40. The van der Waals surface area contributed by atoms with Gasteiger partial charge in [0.2, 0.25) is 0 Å². The van der Waals surface area contributed by atoms with Crippen molar-refractivity contribution in [3.63, 3.8) is 0 Å². The summed E-state index contributed by atoms with van der Waals surface area (Å²) >= 11 is 0.